The summed E-state index contributed by atoms with van der Waals surface area (Å²) in [5.41, 5.74) is 7.14. The number of aromatic nitrogens is 2. The molecule has 1 aliphatic rings. The predicted molar refractivity (Wildman–Crippen MR) is 65.0 cm³/mol. The van der Waals surface area contributed by atoms with Crippen molar-refractivity contribution >= 4 is 0 Å². The smallest absolute Gasteiger partial charge is 0.0549 e. The molecule has 2 rings (SSSR count). The van der Waals surface area contributed by atoms with E-state index in [2.05, 4.69) is 23.0 Å². The molecule has 1 aromatic rings. The molecule has 1 aromatic heterocycles. The van der Waals surface area contributed by atoms with Crippen molar-refractivity contribution in [3.05, 3.63) is 18.0 Å². The van der Waals surface area contributed by atoms with Crippen LogP contribution in [0.15, 0.2) is 12.3 Å². The lowest BCUT2D eigenvalue weighted by atomic mass is 9.99. The summed E-state index contributed by atoms with van der Waals surface area (Å²) in [6.45, 7) is 4.18. The summed E-state index contributed by atoms with van der Waals surface area (Å²) in [6.07, 6.45) is 5.71. The van der Waals surface area contributed by atoms with Crippen LogP contribution in [0.25, 0.3) is 0 Å². The number of nitrogens with zero attached hydrogens (tertiary/aromatic N) is 3. The summed E-state index contributed by atoms with van der Waals surface area (Å²) in [6, 6.07) is 3.06. The number of hydrogen-bond donors (Lipinski definition) is 1. The molecule has 2 heterocycles. The maximum Gasteiger partial charge on any atom is 0.0549 e. The van der Waals surface area contributed by atoms with Crippen LogP contribution in [0.4, 0.5) is 0 Å². The van der Waals surface area contributed by atoms with E-state index in [9.17, 15) is 0 Å². The van der Waals surface area contributed by atoms with Gasteiger partial charge in [-0.2, -0.15) is 5.10 Å². The Morgan fingerprint density at radius 1 is 1.56 bits per heavy atom. The van der Waals surface area contributed by atoms with Crippen LogP contribution in [0.2, 0.25) is 0 Å². The third-order valence-corrected chi connectivity index (χ3v) is 3.73. The molecule has 16 heavy (non-hydrogen) atoms. The molecular formula is C12H22N4. The molecule has 2 unspecified atom stereocenters. The van der Waals surface area contributed by atoms with Crippen molar-refractivity contribution in [2.75, 3.05) is 13.1 Å². The fourth-order valence-electron chi connectivity index (χ4n) is 2.75. The Kier molecular flexibility index (Phi) is 3.61. The predicted octanol–water partition coefficient (Wildman–Crippen LogP) is 1.29. The molecule has 0 aliphatic carbocycles. The molecule has 4 nitrogen and oxygen atoms in total. The minimum Gasteiger partial charge on any atom is -0.329 e. The number of piperidine rings is 1. The highest BCUT2D eigenvalue weighted by Crippen LogP contribution is 2.27. The van der Waals surface area contributed by atoms with Gasteiger partial charge < -0.3 is 5.73 Å². The van der Waals surface area contributed by atoms with Crippen LogP contribution in [0.3, 0.4) is 0 Å². The van der Waals surface area contributed by atoms with Gasteiger partial charge in [0.05, 0.1) is 5.69 Å². The molecule has 90 valence electrons. The van der Waals surface area contributed by atoms with Crippen molar-refractivity contribution in [2.45, 2.75) is 38.3 Å². The number of likely N-dealkylation sites (tertiary alicyclic amines) is 1. The normalized spacial score (nSPS) is 24.6. The van der Waals surface area contributed by atoms with E-state index in [4.69, 9.17) is 5.73 Å². The van der Waals surface area contributed by atoms with Crippen LogP contribution >= 0.6 is 0 Å². The van der Waals surface area contributed by atoms with Crippen LogP contribution < -0.4 is 5.73 Å². The van der Waals surface area contributed by atoms with Gasteiger partial charge in [-0.25, -0.2) is 0 Å². The van der Waals surface area contributed by atoms with E-state index < -0.39 is 0 Å². The molecule has 0 spiro atoms. The molecule has 0 amide bonds. The molecule has 1 saturated heterocycles. The number of aryl methyl sites for hydroxylation is 1. The molecule has 0 aromatic carbocycles. The zero-order valence-electron chi connectivity index (χ0n) is 10.3. The van der Waals surface area contributed by atoms with Gasteiger partial charge in [0.25, 0.3) is 0 Å². The molecule has 4 heteroatoms. The van der Waals surface area contributed by atoms with Gasteiger partial charge in [-0.3, -0.25) is 9.58 Å². The average Bonchev–Trinajstić information content (AvgIpc) is 2.74. The van der Waals surface area contributed by atoms with Crippen molar-refractivity contribution in [3.8, 4) is 0 Å². The molecule has 2 N–H and O–H groups in total. The Labute approximate surface area is 97.4 Å². The monoisotopic (exact) mass is 222 g/mol. The topological polar surface area (TPSA) is 47.1 Å². The first kappa shape index (κ1) is 11.6. The lowest BCUT2D eigenvalue weighted by molar-refractivity contribution is 0.103. The maximum absolute atomic E-state index is 5.86. The molecule has 0 radical (unpaired) electrons. The SMILES string of the molecule is CC(c1ccnn1C)N1CCCCC1CN. The first-order chi connectivity index (χ1) is 7.74. The highest BCUT2D eigenvalue weighted by molar-refractivity contribution is 5.06. The van der Waals surface area contributed by atoms with E-state index >= 15 is 0 Å². The van der Waals surface area contributed by atoms with E-state index in [1.54, 1.807) is 0 Å². The Bertz CT molecular complexity index is 334. The van der Waals surface area contributed by atoms with Crippen LogP contribution in [0.1, 0.15) is 37.9 Å². The second kappa shape index (κ2) is 4.97. The standard InChI is InChI=1S/C12H22N4/c1-10(12-6-7-14-15(12)2)16-8-4-3-5-11(16)9-13/h6-7,10-11H,3-5,8-9,13H2,1-2H3. The lowest BCUT2D eigenvalue weighted by Crippen LogP contribution is -2.45. The van der Waals surface area contributed by atoms with Crippen molar-refractivity contribution < 1.29 is 0 Å². The van der Waals surface area contributed by atoms with Crippen LogP contribution in [0.5, 0.6) is 0 Å². The Hall–Kier alpha value is -0.870. The Balaban J connectivity index is 2.13. The van der Waals surface area contributed by atoms with E-state index in [1.807, 2.05) is 17.9 Å². The average molecular weight is 222 g/mol. The van der Waals surface area contributed by atoms with Crippen molar-refractivity contribution in [1.29, 1.82) is 0 Å². The van der Waals surface area contributed by atoms with Gasteiger partial charge in [-0.15, -0.1) is 0 Å². The largest absolute Gasteiger partial charge is 0.329 e. The summed E-state index contributed by atoms with van der Waals surface area (Å²) in [5.74, 6) is 0. The van der Waals surface area contributed by atoms with E-state index in [-0.39, 0.29) is 0 Å². The highest BCUT2D eigenvalue weighted by atomic mass is 15.3. The van der Waals surface area contributed by atoms with Gasteiger partial charge >= 0.3 is 0 Å². The van der Waals surface area contributed by atoms with Gasteiger partial charge in [-0.1, -0.05) is 6.42 Å². The van der Waals surface area contributed by atoms with Crippen molar-refractivity contribution in [2.24, 2.45) is 12.8 Å². The first-order valence-electron chi connectivity index (χ1n) is 6.17. The first-order valence-corrected chi connectivity index (χ1v) is 6.17. The lowest BCUT2D eigenvalue weighted by Gasteiger charge is -2.39. The van der Waals surface area contributed by atoms with Gasteiger partial charge in [-0.05, 0) is 32.4 Å². The number of rotatable bonds is 3. The van der Waals surface area contributed by atoms with Gasteiger partial charge in [0.1, 0.15) is 0 Å². The molecule has 0 bridgehead atoms. The Morgan fingerprint density at radius 2 is 2.38 bits per heavy atom. The maximum atomic E-state index is 5.86. The Morgan fingerprint density at radius 3 is 3.00 bits per heavy atom. The number of nitrogens with two attached hydrogens (primary N) is 1. The van der Waals surface area contributed by atoms with E-state index in [0.29, 0.717) is 12.1 Å². The summed E-state index contributed by atoms with van der Waals surface area (Å²) >= 11 is 0. The summed E-state index contributed by atoms with van der Waals surface area (Å²) in [4.78, 5) is 2.53. The summed E-state index contributed by atoms with van der Waals surface area (Å²) < 4.78 is 1.97. The minimum atomic E-state index is 0.418. The highest BCUT2D eigenvalue weighted by Gasteiger charge is 2.27. The quantitative estimate of drug-likeness (QED) is 0.838. The summed E-state index contributed by atoms with van der Waals surface area (Å²) in [7, 11) is 2.01. The second-order valence-electron chi connectivity index (χ2n) is 4.68. The zero-order valence-corrected chi connectivity index (χ0v) is 10.3. The number of hydrogen-bond acceptors (Lipinski definition) is 3. The molecule has 2 atom stereocenters. The van der Waals surface area contributed by atoms with Gasteiger partial charge in [0.15, 0.2) is 0 Å². The zero-order chi connectivity index (χ0) is 11.5. The third kappa shape index (κ3) is 2.13. The molecular weight excluding hydrogens is 200 g/mol. The summed E-state index contributed by atoms with van der Waals surface area (Å²) in [5, 5.41) is 4.24. The van der Waals surface area contributed by atoms with Gasteiger partial charge in [0, 0.05) is 31.9 Å². The van der Waals surface area contributed by atoms with Crippen LogP contribution in [-0.4, -0.2) is 33.8 Å². The van der Waals surface area contributed by atoms with Crippen LogP contribution in [0, 0.1) is 0 Å². The third-order valence-electron chi connectivity index (χ3n) is 3.73. The fraction of sp³-hybridized carbons (Fsp3) is 0.750. The van der Waals surface area contributed by atoms with Crippen molar-refractivity contribution in [3.63, 3.8) is 0 Å². The van der Waals surface area contributed by atoms with Crippen molar-refractivity contribution in [1.82, 2.24) is 14.7 Å². The van der Waals surface area contributed by atoms with E-state index in [0.717, 1.165) is 13.1 Å². The second-order valence-corrected chi connectivity index (χ2v) is 4.68. The fourth-order valence-corrected chi connectivity index (χ4v) is 2.75. The molecule has 1 aliphatic heterocycles. The minimum absolute atomic E-state index is 0.418. The molecule has 0 saturated carbocycles. The molecule has 1 fully saturated rings. The van der Waals surface area contributed by atoms with Crippen LogP contribution in [-0.2, 0) is 7.05 Å². The van der Waals surface area contributed by atoms with E-state index in [1.165, 1.54) is 25.0 Å². The van der Waals surface area contributed by atoms with Gasteiger partial charge in [0.2, 0.25) is 0 Å².